The SMILES string of the molecule is Cc1ccc(-c2noc([C@H]3CCCN(S(=O)(=O)c4ccc(C)cc4)C3)n2)cc1. The van der Waals surface area contributed by atoms with Gasteiger partial charge in [0, 0.05) is 18.7 Å². The second kappa shape index (κ2) is 7.48. The van der Waals surface area contributed by atoms with Crippen molar-refractivity contribution in [3.05, 3.63) is 65.5 Å². The third-order valence-corrected chi connectivity index (χ3v) is 7.02. The van der Waals surface area contributed by atoms with E-state index in [0.717, 1.165) is 29.5 Å². The van der Waals surface area contributed by atoms with Gasteiger partial charge in [-0.15, -0.1) is 0 Å². The summed E-state index contributed by atoms with van der Waals surface area (Å²) in [5.41, 5.74) is 3.09. The summed E-state index contributed by atoms with van der Waals surface area (Å²) in [6, 6.07) is 14.9. The first kappa shape index (κ1) is 18.8. The lowest BCUT2D eigenvalue weighted by Gasteiger charge is -2.30. The fraction of sp³-hybridized carbons (Fsp3) is 0.333. The van der Waals surface area contributed by atoms with E-state index in [0.29, 0.717) is 29.7 Å². The smallest absolute Gasteiger partial charge is 0.243 e. The van der Waals surface area contributed by atoms with Gasteiger partial charge in [-0.25, -0.2) is 8.42 Å². The van der Waals surface area contributed by atoms with Crippen LogP contribution in [-0.4, -0.2) is 36.0 Å². The zero-order chi connectivity index (χ0) is 19.7. The van der Waals surface area contributed by atoms with Crippen molar-refractivity contribution >= 4 is 10.0 Å². The van der Waals surface area contributed by atoms with E-state index in [9.17, 15) is 8.42 Å². The fourth-order valence-corrected chi connectivity index (χ4v) is 4.97. The molecule has 0 unspecified atom stereocenters. The van der Waals surface area contributed by atoms with Crippen molar-refractivity contribution in [2.75, 3.05) is 13.1 Å². The van der Waals surface area contributed by atoms with Crippen LogP contribution in [0.25, 0.3) is 11.4 Å². The van der Waals surface area contributed by atoms with E-state index in [1.807, 2.05) is 50.2 Å². The number of sulfonamides is 1. The Morgan fingerprint density at radius 1 is 1.00 bits per heavy atom. The molecule has 4 rings (SSSR count). The average molecular weight is 398 g/mol. The molecule has 6 nitrogen and oxygen atoms in total. The highest BCUT2D eigenvalue weighted by atomic mass is 32.2. The average Bonchev–Trinajstić information content (AvgIpc) is 3.19. The molecule has 1 aromatic heterocycles. The predicted molar refractivity (Wildman–Crippen MR) is 106 cm³/mol. The molecular formula is C21H23N3O3S. The molecule has 0 aliphatic carbocycles. The molecule has 7 heteroatoms. The number of nitrogens with zero attached hydrogens (tertiary/aromatic N) is 3. The van der Waals surface area contributed by atoms with Crippen molar-refractivity contribution in [1.82, 2.24) is 14.4 Å². The molecule has 2 aromatic carbocycles. The number of aromatic nitrogens is 2. The number of hydrogen-bond acceptors (Lipinski definition) is 5. The van der Waals surface area contributed by atoms with E-state index in [4.69, 9.17) is 4.52 Å². The molecule has 1 fully saturated rings. The van der Waals surface area contributed by atoms with Crippen LogP contribution in [0.1, 0.15) is 35.8 Å². The van der Waals surface area contributed by atoms with Crippen molar-refractivity contribution in [2.45, 2.75) is 37.5 Å². The second-order valence-electron chi connectivity index (χ2n) is 7.34. The lowest BCUT2D eigenvalue weighted by molar-refractivity contribution is 0.265. The third kappa shape index (κ3) is 3.72. The Bertz CT molecular complexity index is 1060. The number of aryl methyl sites for hydroxylation is 2. The maximum atomic E-state index is 13.0. The Balaban J connectivity index is 1.54. The summed E-state index contributed by atoms with van der Waals surface area (Å²) in [5.74, 6) is 0.938. The van der Waals surface area contributed by atoms with Crippen molar-refractivity contribution < 1.29 is 12.9 Å². The van der Waals surface area contributed by atoms with Crippen LogP contribution < -0.4 is 0 Å². The Morgan fingerprint density at radius 2 is 1.64 bits per heavy atom. The molecule has 2 heterocycles. The number of benzene rings is 2. The summed E-state index contributed by atoms with van der Waals surface area (Å²) in [4.78, 5) is 4.86. The zero-order valence-corrected chi connectivity index (χ0v) is 16.8. The van der Waals surface area contributed by atoms with Crippen LogP contribution in [-0.2, 0) is 10.0 Å². The highest BCUT2D eigenvalue weighted by Crippen LogP contribution is 2.30. The first-order chi connectivity index (χ1) is 13.4. The van der Waals surface area contributed by atoms with Crippen molar-refractivity contribution in [3.8, 4) is 11.4 Å². The van der Waals surface area contributed by atoms with Crippen LogP contribution in [0, 0.1) is 13.8 Å². The van der Waals surface area contributed by atoms with Gasteiger partial charge < -0.3 is 4.52 Å². The number of hydrogen-bond donors (Lipinski definition) is 0. The maximum Gasteiger partial charge on any atom is 0.243 e. The molecule has 1 aliphatic heterocycles. The van der Waals surface area contributed by atoms with E-state index in [2.05, 4.69) is 10.1 Å². The van der Waals surface area contributed by atoms with Gasteiger partial charge in [0.05, 0.1) is 10.8 Å². The fourth-order valence-electron chi connectivity index (χ4n) is 3.44. The number of rotatable bonds is 4. The molecule has 0 saturated carbocycles. The van der Waals surface area contributed by atoms with Crippen LogP contribution >= 0.6 is 0 Å². The predicted octanol–water partition coefficient (Wildman–Crippen LogP) is 3.92. The van der Waals surface area contributed by atoms with E-state index < -0.39 is 10.0 Å². The standard InChI is InChI=1S/C21H23N3O3S/c1-15-5-9-17(10-6-15)20-22-21(27-23-20)18-4-3-13-24(14-18)28(25,26)19-11-7-16(2)8-12-19/h5-12,18H,3-4,13-14H2,1-2H3/t18-/m0/s1. The summed E-state index contributed by atoms with van der Waals surface area (Å²) in [6.07, 6.45) is 1.59. The Kier molecular flexibility index (Phi) is 5.03. The van der Waals surface area contributed by atoms with Gasteiger partial charge >= 0.3 is 0 Å². The van der Waals surface area contributed by atoms with Crippen molar-refractivity contribution in [1.29, 1.82) is 0 Å². The topological polar surface area (TPSA) is 76.3 Å². The van der Waals surface area contributed by atoms with E-state index in [1.54, 1.807) is 12.1 Å². The maximum absolute atomic E-state index is 13.0. The van der Waals surface area contributed by atoms with Crippen LogP contribution in [0.3, 0.4) is 0 Å². The molecule has 1 aliphatic rings. The van der Waals surface area contributed by atoms with Crippen LogP contribution in [0.2, 0.25) is 0 Å². The van der Waals surface area contributed by atoms with E-state index in [1.165, 1.54) is 4.31 Å². The van der Waals surface area contributed by atoms with Crippen LogP contribution in [0.15, 0.2) is 57.9 Å². The van der Waals surface area contributed by atoms with Gasteiger partial charge in [-0.2, -0.15) is 9.29 Å². The Morgan fingerprint density at radius 3 is 2.32 bits per heavy atom. The summed E-state index contributed by atoms with van der Waals surface area (Å²) < 4.78 is 33.0. The van der Waals surface area contributed by atoms with Gasteiger partial charge in [-0.3, -0.25) is 0 Å². The van der Waals surface area contributed by atoms with Crippen LogP contribution in [0.4, 0.5) is 0 Å². The molecule has 146 valence electrons. The minimum atomic E-state index is -3.53. The lowest BCUT2D eigenvalue weighted by Crippen LogP contribution is -2.39. The molecule has 0 amide bonds. The van der Waals surface area contributed by atoms with Gasteiger partial charge in [0.15, 0.2) is 0 Å². The summed E-state index contributed by atoms with van der Waals surface area (Å²) in [6.45, 7) is 4.82. The molecule has 0 N–H and O–H groups in total. The summed E-state index contributed by atoms with van der Waals surface area (Å²) in [7, 11) is -3.53. The first-order valence-electron chi connectivity index (χ1n) is 9.41. The highest BCUT2D eigenvalue weighted by Gasteiger charge is 2.33. The van der Waals surface area contributed by atoms with Gasteiger partial charge in [-0.1, -0.05) is 52.7 Å². The minimum Gasteiger partial charge on any atom is -0.339 e. The first-order valence-corrected chi connectivity index (χ1v) is 10.8. The van der Waals surface area contributed by atoms with Crippen LogP contribution in [0.5, 0.6) is 0 Å². The minimum absolute atomic E-state index is 0.0966. The number of piperidine rings is 1. The highest BCUT2D eigenvalue weighted by molar-refractivity contribution is 7.89. The Labute approximate surface area is 165 Å². The van der Waals surface area contributed by atoms with Crippen molar-refractivity contribution in [3.63, 3.8) is 0 Å². The monoisotopic (exact) mass is 397 g/mol. The van der Waals surface area contributed by atoms with E-state index in [-0.39, 0.29) is 5.92 Å². The molecular weight excluding hydrogens is 374 g/mol. The molecule has 28 heavy (non-hydrogen) atoms. The van der Waals surface area contributed by atoms with Gasteiger partial charge in [-0.05, 0) is 38.8 Å². The molecule has 3 aromatic rings. The van der Waals surface area contributed by atoms with Gasteiger partial charge in [0.1, 0.15) is 0 Å². The van der Waals surface area contributed by atoms with E-state index >= 15 is 0 Å². The van der Waals surface area contributed by atoms with Gasteiger partial charge in [0.25, 0.3) is 0 Å². The second-order valence-corrected chi connectivity index (χ2v) is 9.28. The van der Waals surface area contributed by atoms with Gasteiger partial charge in [0.2, 0.25) is 21.7 Å². The zero-order valence-electron chi connectivity index (χ0n) is 16.0. The molecule has 1 saturated heterocycles. The summed E-state index contributed by atoms with van der Waals surface area (Å²) >= 11 is 0. The normalized spacial score (nSPS) is 18.3. The molecule has 0 spiro atoms. The Hall–Kier alpha value is -2.51. The summed E-state index contributed by atoms with van der Waals surface area (Å²) in [5, 5.41) is 4.09. The largest absolute Gasteiger partial charge is 0.339 e. The quantitative estimate of drug-likeness (QED) is 0.667. The molecule has 0 bridgehead atoms. The molecule has 1 atom stereocenters. The molecule has 0 radical (unpaired) electrons. The lowest BCUT2D eigenvalue weighted by atomic mass is 10.00. The third-order valence-electron chi connectivity index (χ3n) is 5.14. The van der Waals surface area contributed by atoms with Crippen molar-refractivity contribution in [2.24, 2.45) is 0 Å².